The van der Waals surface area contributed by atoms with Gasteiger partial charge in [-0.05, 0) is 44.4 Å². The number of ether oxygens (including phenoxy) is 1. The summed E-state index contributed by atoms with van der Waals surface area (Å²) in [5.74, 6) is 0.142. The van der Waals surface area contributed by atoms with Gasteiger partial charge >= 0.3 is 5.97 Å². The van der Waals surface area contributed by atoms with Gasteiger partial charge in [-0.25, -0.2) is 0 Å². The second-order valence-electron chi connectivity index (χ2n) is 9.47. The summed E-state index contributed by atoms with van der Waals surface area (Å²) in [6.45, 7) is 6.24. The van der Waals surface area contributed by atoms with Crippen LogP contribution in [0.1, 0.15) is 65.2 Å². The normalized spacial score (nSPS) is 41.3. The first-order chi connectivity index (χ1) is 13.0. The van der Waals surface area contributed by atoms with Crippen molar-refractivity contribution >= 4 is 5.97 Å². The predicted octanol–water partition coefficient (Wildman–Crippen LogP) is 2.73. The lowest BCUT2D eigenvalue weighted by Crippen LogP contribution is -2.86. The van der Waals surface area contributed by atoms with E-state index in [1.165, 1.54) is 31.3 Å². The zero-order chi connectivity index (χ0) is 19.0. The van der Waals surface area contributed by atoms with E-state index < -0.39 is 6.10 Å². The molecule has 0 unspecified atom stereocenters. The predicted molar refractivity (Wildman–Crippen MR) is 105 cm³/mol. The van der Waals surface area contributed by atoms with Gasteiger partial charge in [-0.3, -0.25) is 4.79 Å². The Balaban J connectivity index is 1.40. The van der Waals surface area contributed by atoms with Gasteiger partial charge in [0.1, 0.15) is 12.0 Å². The van der Waals surface area contributed by atoms with Gasteiger partial charge < -0.3 is 15.2 Å². The van der Waals surface area contributed by atoms with Gasteiger partial charge in [0, 0.05) is 24.2 Å². The number of allylic oxidation sites excluding steroid dienone is 2. The monoisotopic (exact) mass is 374 g/mol. The molecule has 1 saturated heterocycles. The van der Waals surface area contributed by atoms with Crippen LogP contribution in [0.5, 0.6) is 0 Å². The third-order valence-corrected chi connectivity index (χ3v) is 8.05. The highest BCUT2D eigenvalue weighted by atomic mass is 16.6. The summed E-state index contributed by atoms with van der Waals surface area (Å²) in [7, 11) is 0. The highest BCUT2D eigenvalue weighted by molar-refractivity contribution is 5.76. The third kappa shape index (κ3) is 3.40. The minimum absolute atomic E-state index is 0.0506. The Morgan fingerprint density at radius 2 is 2.15 bits per heavy atom. The van der Waals surface area contributed by atoms with E-state index in [1.54, 1.807) is 5.57 Å². The maximum atomic E-state index is 12.6. The molecule has 0 spiro atoms. The van der Waals surface area contributed by atoms with E-state index in [0.29, 0.717) is 5.92 Å². The largest absolute Gasteiger partial charge is 0.461 e. The highest BCUT2D eigenvalue weighted by Gasteiger charge is 2.60. The van der Waals surface area contributed by atoms with Crippen LogP contribution in [-0.4, -0.2) is 36.4 Å². The molecule has 4 heteroatoms. The summed E-state index contributed by atoms with van der Waals surface area (Å²) in [6.07, 6.45) is 13.4. The fourth-order valence-electron chi connectivity index (χ4n) is 6.05. The Morgan fingerprint density at radius 1 is 1.30 bits per heavy atom. The average Bonchev–Trinajstić information content (AvgIpc) is 2.98. The van der Waals surface area contributed by atoms with Gasteiger partial charge in [0.25, 0.3) is 0 Å². The average molecular weight is 375 g/mol. The molecule has 1 heterocycles. The number of quaternary nitrogens is 1. The standard InChI is InChI=1S/C23H35NO3/c1-15-7-6-10-17-13-19-20(21(25)23(15,17)2)18(22(26)27-19)14-24-12-11-16-8-4-3-5-9-16/h8,10,15,18-21,24-25H,3-7,9,11-14H2,1-2H3/p+1/t15-,18-,19+,20+,21-,23+/m0/s1. The molecule has 3 aliphatic carbocycles. The Morgan fingerprint density at radius 3 is 2.93 bits per heavy atom. The van der Waals surface area contributed by atoms with Crippen LogP contribution in [0, 0.1) is 23.2 Å². The summed E-state index contributed by atoms with van der Waals surface area (Å²) >= 11 is 0. The topological polar surface area (TPSA) is 63.1 Å². The lowest BCUT2D eigenvalue weighted by Gasteiger charge is -2.51. The van der Waals surface area contributed by atoms with Crippen molar-refractivity contribution in [2.45, 2.75) is 77.4 Å². The second-order valence-corrected chi connectivity index (χ2v) is 9.47. The van der Waals surface area contributed by atoms with E-state index in [9.17, 15) is 9.90 Å². The second kappa shape index (κ2) is 7.71. The zero-order valence-corrected chi connectivity index (χ0v) is 17.0. The van der Waals surface area contributed by atoms with Crippen LogP contribution in [0.25, 0.3) is 0 Å². The van der Waals surface area contributed by atoms with Crippen molar-refractivity contribution in [3.8, 4) is 0 Å². The van der Waals surface area contributed by atoms with Crippen LogP contribution in [0.15, 0.2) is 23.3 Å². The first-order valence-electron chi connectivity index (χ1n) is 11.1. The maximum absolute atomic E-state index is 12.6. The van der Waals surface area contributed by atoms with E-state index in [4.69, 9.17) is 4.74 Å². The molecule has 0 radical (unpaired) electrons. The van der Waals surface area contributed by atoms with Crippen LogP contribution in [0.3, 0.4) is 0 Å². The Hall–Kier alpha value is -1.13. The number of fused-ring (bicyclic) bond motifs is 2. The summed E-state index contributed by atoms with van der Waals surface area (Å²) in [5, 5.41) is 13.6. The van der Waals surface area contributed by atoms with Crippen LogP contribution >= 0.6 is 0 Å². The smallest absolute Gasteiger partial charge is 0.315 e. The molecule has 0 bridgehead atoms. The minimum Gasteiger partial charge on any atom is -0.461 e. The Labute approximate surface area is 163 Å². The molecule has 1 aliphatic heterocycles. The SMILES string of the molecule is C[C@H]1CCC=C2C[C@H]3OC(=O)[C@@H](C[NH2+]CCC4=CCCCC4)[C@H]3[C@H](O)[C@@]21C. The molecule has 1 saturated carbocycles. The molecule has 2 fully saturated rings. The number of esters is 1. The molecule has 0 aromatic carbocycles. The molecule has 3 N–H and O–H groups in total. The minimum atomic E-state index is -0.483. The van der Waals surface area contributed by atoms with E-state index in [2.05, 4.69) is 31.3 Å². The summed E-state index contributed by atoms with van der Waals surface area (Å²) in [5.41, 5.74) is 2.70. The van der Waals surface area contributed by atoms with Crippen molar-refractivity contribution < 1.29 is 20.0 Å². The molecule has 0 amide bonds. The highest BCUT2D eigenvalue weighted by Crippen LogP contribution is 2.55. The van der Waals surface area contributed by atoms with Gasteiger partial charge in [-0.1, -0.05) is 37.1 Å². The summed E-state index contributed by atoms with van der Waals surface area (Å²) in [6, 6.07) is 0. The Kier molecular flexibility index (Phi) is 5.48. The number of rotatable bonds is 5. The number of nitrogens with two attached hydrogens (primary N) is 1. The van der Waals surface area contributed by atoms with Crippen molar-refractivity contribution in [3.05, 3.63) is 23.3 Å². The number of hydrogen-bond donors (Lipinski definition) is 2. The van der Waals surface area contributed by atoms with Crippen LogP contribution < -0.4 is 5.32 Å². The van der Waals surface area contributed by atoms with Crippen molar-refractivity contribution in [1.29, 1.82) is 0 Å². The number of carbonyl (C=O) groups excluding carboxylic acids is 1. The van der Waals surface area contributed by atoms with Crippen LogP contribution in [0.2, 0.25) is 0 Å². The van der Waals surface area contributed by atoms with Crippen molar-refractivity contribution in [2.24, 2.45) is 23.2 Å². The van der Waals surface area contributed by atoms with E-state index in [1.807, 2.05) is 0 Å². The Bertz CT molecular complexity index is 640. The number of carbonyl (C=O) groups is 1. The molecule has 6 atom stereocenters. The first kappa shape index (κ1) is 19.2. The molecular weight excluding hydrogens is 338 g/mol. The number of hydrogen-bond acceptors (Lipinski definition) is 3. The van der Waals surface area contributed by atoms with Crippen molar-refractivity contribution in [1.82, 2.24) is 0 Å². The number of aliphatic hydroxyl groups excluding tert-OH is 1. The van der Waals surface area contributed by atoms with Crippen LogP contribution in [0.4, 0.5) is 0 Å². The van der Waals surface area contributed by atoms with E-state index in [-0.39, 0.29) is 29.3 Å². The summed E-state index contributed by atoms with van der Waals surface area (Å²) < 4.78 is 5.75. The first-order valence-corrected chi connectivity index (χ1v) is 11.1. The lowest BCUT2D eigenvalue weighted by atomic mass is 9.55. The number of aliphatic hydroxyl groups is 1. The van der Waals surface area contributed by atoms with Gasteiger partial charge in [0.05, 0.1) is 19.2 Å². The maximum Gasteiger partial charge on any atom is 0.315 e. The third-order valence-electron chi connectivity index (χ3n) is 8.05. The molecular formula is C23H36NO3+. The van der Waals surface area contributed by atoms with Crippen molar-refractivity contribution in [2.75, 3.05) is 13.1 Å². The molecule has 4 nitrogen and oxygen atoms in total. The molecule has 4 aliphatic rings. The fraction of sp³-hybridized carbons (Fsp3) is 0.783. The van der Waals surface area contributed by atoms with E-state index >= 15 is 0 Å². The molecule has 0 aromatic rings. The summed E-state index contributed by atoms with van der Waals surface area (Å²) in [4.78, 5) is 12.6. The van der Waals surface area contributed by atoms with E-state index in [0.717, 1.165) is 38.8 Å². The fourth-order valence-corrected chi connectivity index (χ4v) is 6.05. The van der Waals surface area contributed by atoms with Crippen LogP contribution in [-0.2, 0) is 9.53 Å². The van der Waals surface area contributed by atoms with Gasteiger partial charge in [0.15, 0.2) is 0 Å². The molecule has 150 valence electrons. The lowest BCUT2D eigenvalue weighted by molar-refractivity contribution is -0.659. The molecule has 0 aromatic heterocycles. The van der Waals surface area contributed by atoms with Gasteiger partial charge in [-0.15, -0.1) is 0 Å². The van der Waals surface area contributed by atoms with Gasteiger partial charge in [-0.2, -0.15) is 0 Å². The van der Waals surface area contributed by atoms with Gasteiger partial charge in [0.2, 0.25) is 0 Å². The zero-order valence-electron chi connectivity index (χ0n) is 17.0. The molecule has 27 heavy (non-hydrogen) atoms. The van der Waals surface area contributed by atoms with Crippen molar-refractivity contribution in [3.63, 3.8) is 0 Å². The quantitative estimate of drug-likeness (QED) is 0.442. The molecule has 4 rings (SSSR count).